The lowest BCUT2D eigenvalue weighted by atomic mass is 9.99. The number of hydrogen-bond donors (Lipinski definition) is 2. The van der Waals surface area contributed by atoms with E-state index in [0.717, 1.165) is 5.56 Å². The van der Waals surface area contributed by atoms with Gasteiger partial charge in [-0.15, -0.1) is 0 Å². The van der Waals surface area contributed by atoms with Crippen LogP contribution in [0.1, 0.15) is 26.3 Å². The van der Waals surface area contributed by atoms with E-state index in [1.807, 2.05) is 6.92 Å². The predicted octanol–water partition coefficient (Wildman–Crippen LogP) is 2.48. The molecule has 0 saturated carbocycles. The molecule has 0 aliphatic heterocycles. The van der Waals surface area contributed by atoms with E-state index < -0.39 is 10.0 Å². The van der Waals surface area contributed by atoms with Crippen LogP contribution in [0.25, 0.3) is 0 Å². The van der Waals surface area contributed by atoms with Crippen molar-refractivity contribution in [1.82, 2.24) is 4.72 Å². The summed E-state index contributed by atoms with van der Waals surface area (Å²) >= 11 is 3.28. The van der Waals surface area contributed by atoms with Crippen LogP contribution in [0.15, 0.2) is 27.6 Å². The van der Waals surface area contributed by atoms with Crippen LogP contribution < -0.4 is 10.5 Å². The molecule has 4 nitrogen and oxygen atoms in total. The molecule has 0 aliphatic carbocycles. The van der Waals surface area contributed by atoms with Crippen LogP contribution in [-0.2, 0) is 16.6 Å². The lowest BCUT2D eigenvalue weighted by Crippen LogP contribution is -2.30. The highest BCUT2D eigenvalue weighted by Gasteiger charge is 2.19. The molecule has 0 saturated heterocycles. The molecule has 1 unspecified atom stereocenters. The van der Waals surface area contributed by atoms with Crippen LogP contribution in [0.2, 0.25) is 0 Å². The number of sulfonamides is 1. The molecule has 108 valence electrons. The Labute approximate surface area is 124 Å². The molecule has 0 fully saturated rings. The number of nitrogens with two attached hydrogens (primary N) is 1. The summed E-state index contributed by atoms with van der Waals surface area (Å²) in [5, 5.41) is 0. The van der Waals surface area contributed by atoms with Crippen LogP contribution >= 0.6 is 15.9 Å². The smallest absolute Gasteiger partial charge is 0.241 e. The van der Waals surface area contributed by atoms with E-state index >= 15 is 0 Å². The zero-order valence-electron chi connectivity index (χ0n) is 11.5. The molecule has 0 aromatic heterocycles. The van der Waals surface area contributed by atoms with E-state index in [4.69, 9.17) is 5.73 Å². The summed E-state index contributed by atoms with van der Waals surface area (Å²) in [6.45, 7) is 7.00. The summed E-state index contributed by atoms with van der Waals surface area (Å²) in [6.07, 6.45) is 0. The summed E-state index contributed by atoms with van der Waals surface area (Å²) in [6, 6.07) is 5.04. The van der Waals surface area contributed by atoms with Gasteiger partial charge >= 0.3 is 0 Å². The maximum atomic E-state index is 12.2. The van der Waals surface area contributed by atoms with Crippen molar-refractivity contribution in [2.75, 3.05) is 6.54 Å². The highest BCUT2D eigenvalue weighted by Crippen LogP contribution is 2.23. The van der Waals surface area contributed by atoms with Crippen LogP contribution in [0, 0.1) is 11.8 Å². The molecule has 1 rings (SSSR count). The number of rotatable bonds is 6. The Hall–Kier alpha value is -0.430. The summed E-state index contributed by atoms with van der Waals surface area (Å²) in [5.74, 6) is 0.725. The average Bonchev–Trinajstić information content (AvgIpc) is 2.35. The Balaban J connectivity index is 2.89. The molecule has 0 heterocycles. The van der Waals surface area contributed by atoms with Crippen molar-refractivity contribution in [3.05, 3.63) is 28.2 Å². The molecule has 0 bridgehead atoms. The zero-order valence-corrected chi connectivity index (χ0v) is 13.9. The van der Waals surface area contributed by atoms with Crippen LogP contribution in [0.3, 0.4) is 0 Å². The standard InChI is InChI=1S/C13H21BrN2O2S/c1-9(2)10(3)8-16-19(17,18)13-5-4-11(7-15)6-12(13)14/h4-6,9-10,16H,7-8,15H2,1-3H3. The van der Waals surface area contributed by atoms with Crippen LogP contribution in [0.5, 0.6) is 0 Å². The van der Waals surface area contributed by atoms with Gasteiger partial charge in [0.25, 0.3) is 0 Å². The number of nitrogens with one attached hydrogen (secondary N) is 1. The first-order valence-electron chi connectivity index (χ1n) is 6.26. The van der Waals surface area contributed by atoms with Gasteiger partial charge < -0.3 is 5.73 Å². The van der Waals surface area contributed by atoms with Crippen molar-refractivity contribution >= 4 is 26.0 Å². The van der Waals surface area contributed by atoms with E-state index in [-0.39, 0.29) is 10.8 Å². The molecular weight excluding hydrogens is 328 g/mol. The van der Waals surface area contributed by atoms with Crippen molar-refractivity contribution in [3.8, 4) is 0 Å². The minimum atomic E-state index is -3.48. The summed E-state index contributed by atoms with van der Waals surface area (Å²) in [7, 11) is -3.48. The minimum absolute atomic E-state index is 0.251. The van der Waals surface area contributed by atoms with E-state index in [2.05, 4.69) is 34.5 Å². The monoisotopic (exact) mass is 348 g/mol. The van der Waals surface area contributed by atoms with Gasteiger partial charge in [-0.25, -0.2) is 13.1 Å². The van der Waals surface area contributed by atoms with E-state index in [0.29, 0.717) is 23.5 Å². The molecule has 0 aliphatic rings. The van der Waals surface area contributed by atoms with Gasteiger partial charge in [0.05, 0.1) is 4.90 Å². The number of benzene rings is 1. The zero-order chi connectivity index (χ0) is 14.6. The maximum absolute atomic E-state index is 12.2. The summed E-state index contributed by atoms with van der Waals surface area (Å²) < 4.78 is 27.6. The van der Waals surface area contributed by atoms with Crippen molar-refractivity contribution in [2.45, 2.75) is 32.2 Å². The lowest BCUT2D eigenvalue weighted by molar-refractivity contribution is 0.414. The largest absolute Gasteiger partial charge is 0.326 e. The normalized spacial score (nSPS) is 13.8. The molecule has 0 radical (unpaired) electrons. The molecule has 0 spiro atoms. The third kappa shape index (κ3) is 4.56. The Morgan fingerprint density at radius 2 is 1.95 bits per heavy atom. The summed E-state index contributed by atoms with van der Waals surface area (Å²) in [4.78, 5) is 0.251. The first-order valence-corrected chi connectivity index (χ1v) is 8.53. The molecular formula is C13H21BrN2O2S. The Bertz CT molecular complexity index is 529. The van der Waals surface area contributed by atoms with Crippen molar-refractivity contribution in [3.63, 3.8) is 0 Å². The fraction of sp³-hybridized carbons (Fsp3) is 0.538. The molecule has 1 aromatic rings. The fourth-order valence-electron chi connectivity index (χ4n) is 1.44. The second-order valence-corrected chi connectivity index (χ2v) is 7.63. The second kappa shape index (κ2) is 6.83. The minimum Gasteiger partial charge on any atom is -0.326 e. The van der Waals surface area contributed by atoms with Gasteiger partial charge in [-0.3, -0.25) is 0 Å². The van der Waals surface area contributed by atoms with Gasteiger partial charge in [0, 0.05) is 17.6 Å². The van der Waals surface area contributed by atoms with Gasteiger partial charge in [-0.05, 0) is 45.5 Å². The van der Waals surface area contributed by atoms with Crippen molar-refractivity contribution in [1.29, 1.82) is 0 Å². The molecule has 6 heteroatoms. The van der Waals surface area contributed by atoms with Crippen LogP contribution in [0.4, 0.5) is 0 Å². The fourth-order valence-corrected chi connectivity index (χ4v) is 3.71. The topological polar surface area (TPSA) is 72.2 Å². The third-order valence-electron chi connectivity index (χ3n) is 3.25. The van der Waals surface area contributed by atoms with E-state index in [1.54, 1.807) is 18.2 Å². The first-order chi connectivity index (χ1) is 8.77. The van der Waals surface area contributed by atoms with Gasteiger partial charge in [0.15, 0.2) is 0 Å². The van der Waals surface area contributed by atoms with Crippen molar-refractivity contribution < 1.29 is 8.42 Å². The average molecular weight is 349 g/mol. The predicted molar refractivity (Wildman–Crippen MR) is 81.2 cm³/mol. The molecule has 1 aromatic carbocycles. The van der Waals surface area contributed by atoms with Gasteiger partial charge in [-0.2, -0.15) is 0 Å². The summed E-state index contributed by atoms with van der Waals surface area (Å²) in [5.41, 5.74) is 6.41. The quantitative estimate of drug-likeness (QED) is 0.829. The second-order valence-electron chi connectivity index (χ2n) is 5.04. The van der Waals surface area contributed by atoms with E-state index in [9.17, 15) is 8.42 Å². The highest BCUT2D eigenvalue weighted by molar-refractivity contribution is 9.10. The van der Waals surface area contributed by atoms with E-state index in [1.165, 1.54) is 0 Å². The molecule has 3 N–H and O–H groups in total. The first kappa shape index (κ1) is 16.6. The SMILES string of the molecule is CC(C)C(C)CNS(=O)(=O)c1ccc(CN)cc1Br. The Kier molecular flexibility index (Phi) is 5.98. The van der Waals surface area contributed by atoms with Gasteiger partial charge in [0.1, 0.15) is 0 Å². The Morgan fingerprint density at radius 1 is 1.32 bits per heavy atom. The van der Waals surface area contributed by atoms with Crippen molar-refractivity contribution in [2.24, 2.45) is 17.6 Å². The number of hydrogen-bond acceptors (Lipinski definition) is 3. The molecule has 1 atom stereocenters. The van der Waals surface area contributed by atoms with Crippen LogP contribution in [-0.4, -0.2) is 15.0 Å². The highest BCUT2D eigenvalue weighted by atomic mass is 79.9. The number of halogens is 1. The van der Waals surface area contributed by atoms with Gasteiger partial charge in [-0.1, -0.05) is 26.8 Å². The lowest BCUT2D eigenvalue weighted by Gasteiger charge is -2.16. The molecule has 19 heavy (non-hydrogen) atoms. The molecule has 0 amide bonds. The Morgan fingerprint density at radius 3 is 2.42 bits per heavy atom. The van der Waals surface area contributed by atoms with Gasteiger partial charge in [0.2, 0.25) is 10.0 Å². The maximum Gasteiger partial charge on any atom is 0.241 e. The third-order valence-corrected chi connectivity index (χ3v) is 5.66.